The van der Waals surface area contributed by atoms with Crippen molar-refractivity contribution in [2.45, 2.75) is 26.8 Å². The van der Waals surface area contributed by atoms with Crippen molar-refractivity contribution < 1.29 is 9.18 Å². The van der Waals surface area contributed by atoms with Crippen LogP contribution in [0.1, 0.15) is 37.0 Å². The van der Waals surface area contributed by atoms with Gasteiger partial charge in [0.1, 0.15) is 5.82 Å². The minimum Gasteiger partial charge on any atom is -0.369 e. The average molecular weight is 556 g/mol. The highest BCUT2D eigenvalue weighted by Crippen LogP contribution is 2.34. The Balaban J connectivity index is 0.00000323. The number of halogens is 2. The molecule has 6 rings (SSSR count). The van der Waals surface area contributed by atoms with E-state index in [0.29, 0.717) is 39.2 Å². The number of fused-ring (bicyclic) bond motifs is 3. The Morgan fingerprint density at radius 2 is 1.80 bits per heavy atom. The molecule has 202 valence electrons. The number of rotatable bonds is 5. The Morgan fingerprint density at radius 3 is 2.55 bits per heavy atom. The van der Waals surface area contributed by atoms with Gasteiger partial charge in [0.05, 0.1) is 23.6 Å². The quantitative estimate of drug-likeness (QED) is 0.202. The van der Waals surface area contributed by atoms with Gasteiger partial charge in [-0.2, -0.15) is 0 Å². The molecule has 1 aliphatic carbocycles. The van der Waals surface area contributed by atoms with Crippen LogP contribution in [0.5, 0.6) is 0 Å². The lowest BCUT2D eigenvalue weighted by molar-refractivity contribution is -0.120. The van der Waals surface area contributed by atoms with Crippen LogP contribution in [0, 0.1) is 11.7 Å². The van der Waals surface area contributed by atoms with Gasteiger partial charge in [-0.3, -0.25) is 15.1 Å². The molecule has 0 radical (unpaired) electrons. The van der Waals surface area contributed by atoms with Gasteiger partial charge in [0, 0.05) is 45.1 Å². The van der Waals surface area contributed by atoms with Crippen molar-refractivity contribution in [3.63, 3.8) is 0 Å². The number of nitrogens with two attached hydrogens (primary N) is 1. The van der Waals surface area contributed by atoms with Crippen LogP contribution in [0.2, 0.25) is 5.02 Å². The number of carbonyl (C=O) groups is 1. The lowest BCUT2D eigenvalue weighted by Crippen LogP contribution is -2.37. The number of aliphatic imine (C=N–C) groups is 2. The second kappa shape index (κ2) is 11.2. The van der Waals surface area contributed by atoms with E-state index in [1.54, 1.807) is 48.7 Å². The molecule has 4 N–H and O–H groups in total. The lowest BCUT2D eigenvalue weighted by Gasteiger charge is -2.13. The summed E-state index contributed by atoms with van der Waals surface area (Å²) in [4.78, 5) is 30.1. The first kappa shape index (κ1) is 27.0. The first-order valence-electron chi connectivity index (χ1n) is 12.4. The number of benzene rings is 3. The third kappa shape index (κ3) is 5.69. The summed E-state index contributed by atoms with van der Waals surface area (Å²) >= 11 is 6.34. The van der Waals surface area contributed by atoms with Crippen LogP contribution in [0.4, 0.5) is 21.7 Å². The van der Waals surface area contributed by atoms with E-state index in [9.17, 15) is 9.18 Å². The van der Waals surface area contributed by atoms with Crippen LogP contribution >= 0.6 is 11.6 Å². The van der Waals surface area contributed by atoms with Gasteiger partial charge in [-0.05, 0) is 61.4 Å². The van der Waals surface area contributed by atoms with Gasteiger partial charge in [0.25, 0.3) is 0 Å². The molecule has 1 aliphatic heterocycles. The molecular formula is C30H27ClFN7O. The van der Waals surface area contributed by atoms with Crippen LogP contribution in [-0.4, -0.2) is 27.5 Å². The number of aromatic nitrogens is 2. The molecule has 4 aromatic rings. The van der Waals surface area contributed by atoms with Crippen LogP contribution in [-0.2, 0) is 11.3 Å². The Kier molecular flexibility index (Phi) is 7.57. The Hall–Kier alpha value is -4.63. The van der Waals surface area contributed by atoms with E-state index in [1.165, 1.54) is 6.07 Å². The van der Waals surface area contributed by atoms with E-state index in [-0.39, 0.29) is 37.6 Å². The van der Waals surface area contributed by atoms with Gasteiger partial charge < -0.3 is 11.1 Å². The Labute approximate surface area is 236 Å². The zero-order chi connectivity index (χ0) is 26.9. The molecule has 1 fully saturated rings. The first-order chi connectivity index (χ1) is 18.9. The van der Waals surface area contributed by atoms with E-state index >= 15 is 0 Å². The molecule has 0 saturated heterocycles. The summed E-state index contributed by atoms with van der Waals surface area (Å²) in [6.07, 6.45) is 3.51. The molecule has 0 bridgehead atoms. The summed E-state index contributed by atoms with van der Waals surface area (Å²) in [5.41, 5.74) is 11.1. The molecule has 1 aromatic heterocycles. The maximum absolute atomic E-state index is 14.7. The van der Waals surface area contributed by atoms with Gasteiger partial charge in [0.15, 0.2) is 0 Å². The number of hydrogen-bond donors (Lipinski definition) is 3. The summed E-state index contributed by atoms with van der Waals surface area (Å²) in [6.45, 7) is 0.289. The second-order valence-electron chi connectivity index (χ2n) is 9.33. The highest BCUT2D eigenvalue weighted by molar-refractivity contribution is 6.31. The van der Waals surface area contributed by atoms with E-state index in [1.807, 2.05) is 18.2 Å². The van der Waals surface area contributed by atoms with Crippen molar-refractivity contribution in [3.8, 4) is 11.3 Å². The predicted octanol–water partition coefficient (Wildman–Crippen LogP) is 6.14. The molecule has 40 heavy (non-hydrogen) atoms. The van der Waals surface area contributed by atoms with E-state index in [4.69, 9.17) is 27.3 Å². The Bertz CT molecular complexity index is 1650. The molecule has 0 spiro atoms. The normalized spacial score (nSPS) is 14.2. The zero-order valence-corrected chi connectivity index (χ0v) is 21.4. The third-order valence-electron chi connectivity index (χ3n) is 6.47. The predicted molar refractivity (Wildman–Crippen MR) is 157 cm³/mol. The van der Waals surface area contributed by atoms with Gasteiger partial charge in [0.2, 0.25) is 17.8 Å². The molecule has 0 atom stereocenters. The third-order valence-corrected chi connectivity index (χ3v) is 6.70. The largest absolute Gasteiger partial charge is 0.369 e. The monoisotopic (exact) mass is 555 g/mol. The second-order valence-corrected chi connectivity index (χ2v) is 9.77. The smallest absolute Gasteiger partial charge is 0.229 e. The average Bonchev–Trinajstić information content (AvgIpc) is 3.78. The van der Waals surface area contributed by atoms with Crippen LogP contribution in [0.3, 0.4) is 0 Å². The van der Waals surface area contributed by atoms with Crippen LogP contribution in [0.25, 0.3) is 11.3 Å². The SMILES string of the molecule is C.NC(=Nc1ccc(Nc2ncc3c(n2)-c2ccc(Cl)cc2C(c2ccccc2F)=NC3)cc1)NC(=O)C1CC1. The molecule has 3 aromatic carbocycles. The number of amides is 1. The van der Waals surface area contributed by atoms with Crippen molar-refractivity contribution in [1.82, 2.24) is 15.3 Å². The van der Waals surface area contributed by atoms with Crippen molar-refractivity contribution in [3.05, 3.63) is 100 Å². The van der Waals surface area contributed by atoms with Gasteiger partial charge >= 0.3 is 0 Å². The maximum atomic E-state index is 14.7. The molecular weight excluding hydrogens is 529 g/mol. The summed E-state index contributed by atoms with van der Waals surface area (Å²) in [5.74, 6) is 0.0494. The molecule has 2 heterocycles. The van der Waals surface area contributed by atoms with Crippen molar-refractivity contribution in [2.24, 2.45) is 21.6 Å². The van der Waals surface area contributed by atoms with Crippen molar-refractivity contribution in [1.29, 1.82) is 0 Å². The van der Waals surface area contributed by atoms with E-state index < -0.39 is 0 Å². The molecule has 0 unspecified atom stereocenters. The molecule has 10 heteroatoms. The summed E-state index contributed by atoms with van der Waals surface area (Å²) in [7, 11) is 0. The number of anilines is 2. The fourth-order valence-corrected chi connectivity index (χ4v) is 4.53. The highest BCUT2D eigenvalue weighted by atomic mass is 35.5. The van der Waals surface area contributed by atoms with Gasteiger partial charge in [-0.25, -0.2) is 19.4 Å². The van der Waals surface area contributed by atoms with Gasteiger partial charge in [-0.1, -0.05) is 37.2 Å². The fraction of sp³-hybridized carbons (Fsp3) is 0.167. The number of nitrogens with one attached hydrogen (secondary N) is 2. The van der Waals surface area contributed by atoms with Crippen LogP contribution < -0.4 is 16.4 Å². The number of guanidine groups is 1. The fourth-order valence-electron chi connectivity index (χ4n) is 4.36. The number of hydrogen-bond acceptors (Lipinski definition) is 6. The molecule has 8 nitrogen and oxygen atoms in total. The highest BCUT2D eigenvalue weighted by Gasteiger charge is 2.30. The minimum atomic E-state index is -0.360. The lowest BCUT2D eigenvalue weighted by atomic mass is 9.95. The minimum absolute atomic E-state index is 0. The summed E-state index contributed by atoms with van der Waals surface area (Å²) < 4.78 is 14.7. The van der Waals surface area contributed by atoms with E-state index in [2.05, 4.69) is 20.6 Å². The van der Waals surface area contributed by atoms with Crippen molar-refractivity contribution in [2.75, 3.05) is 5.32 Å². The number of carbonyl (C=O) groups excluding carboxylic acids is 1. The number of nitrogens with zero attached hydrogens (tertiary/aromatic N) is 4. The topological polar surface area (TPSA) is 118 Å². The first-order valence-corrected chi connectivity index (χ1v) is 12.8. The van der Waals surface area contributed by atoms with Crippen LogP contribution in [0.15, 0.2) is 82.9 Å². The summed E-state index contributed by atoms with van der Waals surface area (Å²) in [6, 6.07) is 19.1. The maximum Gasteiger partial charge on any atom is 0.229 e. The van der Waals surface area contributed by atoms with Crippen molar-refractivity contribution >= 4 is 46.5 Å². The Morgan fingerprint density at radius 1 is 1.02 bits per heavy atom. The summed E-state index contributed by atoms with van der Waals surface area (Å²) in [5, 5.41) is 6.35. The molecule has 1 amide bonds. The standard InChI is InChI=1S/C29H23ClFN7O.CH4/c30-18-7-12-21-23(13-18)26(22-3-1-2-4-24(22)31)33-14-17-15-34-29(37-25(17)21)36-20-10-8-19(9-11-20)35-28(32)38-27(39)16-5-6-16;/h1-4,7-13,15-16H,5-6,14H2,(H,34,36,37)(H3,32,35,38,39);1H4. The molecule has 1 saturated carbocycles. The zero-order valence-electron chi connectivity index (χ0n) is 20.7. The van der Waals surface area contributed by atoms with Gasteiger partial charge in [-0.15, -0.1) is 0 Å². The van der Waals surface area contributed by atoms with E-state index in [0.717, 1.165) is 29.7 Å². The molecule has 2 aliphatic rings.